The lowest BCUT2D eigenvalue weighted by atomic mass is 9.70. The van der Waals surface area contributed by atoms with Crippen molar-refractivity contribution in [1.29, 1.82) is 0 Å². The van der Waals surface area contributed by atoms with Crippen LogP contribution in [-0.4, -0.2) is 49.1 Å². The van der Waals surface area contributed by atoms with E-state index in [-0.39, 0.29) is 30.1 Å². The Labute approximate surface area is 188 Å². The van der Waals surface area contributed by atoms with Gasteiger partial charge in [-0.25, -0.2) is 0 Å². The van der Waals surface area contributed by atoms with Crippen LogP contribution >= 0.6 is 0 Å². The van der Waals surface area contributed by atoms with Crippen molar-refractivity contribution in [3.05, 3.63) is 0 Å². The molecule has 2 aliphatic rings. The van der Waals surface area contributed by atoms with Gasteiger partial charge in [-0.3, -0.25) is 9.59 Å². The van der Waals surface area contributed by atoms with Crippen molar-refractivity contribution in [3.63, 3.8) is 0 Å². The largest absolute Gasteiger partial charge is 0.465 e. The van der Waals surface area contributed by atoms with Crippen LogP contribution in [0.15, 0.2) is 0 Å². The van der Waals surface area contributed by atoms with Crippen molar-refractivity contribution in [1.82, 2.24) is 0 Å². The summed E-state index contributed by atoms with van der Waals surface area (Å²) in [6, 6.07) is 0. The minimum absolute atomic E-state index is 0.190. The molecule has 7 atom stereocenters. The van der Waals surface area contributed by atoms with Crippen LogP contribution in [0.2, 0.25) is 0 Å². The van der Waals surface area contributed by atoms with E-state index in [1.807, 2.05) is 0 Å². The molecule has 0 amide bonds. The van der Waals surface area contributed by atoms with E-state index in [1.165, 1.54) is 0 Å². The van der Waals surface area contributed by atoms with E-state index in [0.717, 1.165) is 19.4 Å². The number of aliphatic hydroxyl groups is 1. The number of hydrogen-bond acceptors (Lipinski definition) is 6. The third-order valence-electron chi connectivity index (χ3n) is 7.36. The number of ether oxygens (including phenoxy) is 3. The third kappa shape index (κ3) is 8.72. The molecular weight excluding hydrogens is 396 g/mol. The maximum absolute atomic E-state index is 12.1. The number of carbonyl (C=O) groups is 2. The average molecular weight is 441 g/mol. The number of esters is 2. The molecule has 2 rings (SSSR count). The first-order chi connectivity index (χ1) is 14.7. The second kappa shape index (κ2) is 12.8. The summed E-state index contributed by atoms with van der Waals surface area (Å²) in [5.74, 6) is 1.83. The topological polar surface area (TPSA) is 82.1 Å². The van der Waals surface area contributed by atoms with Gasteiger partial charge in [-0.2, -0.15) is 0 Å². The fourth-order valence-electron chi connectivity index (χ4n) is 4.94. The van der Waals surface area contributed by atoms with Gasteiger partial charge in [0.2, 0.25) is 0 Å². The molecule has 0 bridgehead atoms. The Kier molecular flexibility index (Phi) is 10.8. The highest BCUT2D eigenvalue weighted by molar-refractivity contribution is 5.70. The third-order valence-corrected chi connectivity index (χ3v) is 7.36. The predicted octanol–water partition coefficient (Wildman–Crippen LogP) is 4.37. The van der Waals surface area contributed by atoms with E-state index in [0.29, 0.717) is 74.9 Å². The van der Waals surface area contributed by atoms with Crippen LogP contribution in [0.25, 0.3) is 0 Å². The Bertz CT molecular complexity index is 562. The van der Waals surface area contributed by atoms with Crippen molar-refractivity contribution < 1.29 is 28.9 Å². The molecular formula is C25H44O6. The Morgan fingerprint density at radius 3 is 2.00 bits per heavy atom. The zero-order valence-electron chi connectivity index (χ0n) is 20.2. The molecule has 0 radical (unpaired) electrons. The first-order valence-electron chi connectivity index (χ1n) is 12.3. The molecule has 7 unspecified atom stereocenters. The summed E-state index contributed by atoms with van der Waals surface area (Å²) < 4.78 is 16.5. The van der Waals surface area contributed by atoms with Crippen LogP contribution in [-0.2, 0) is 23.8 Å². The predicted molar refractivity (Wildman–Crippen MR) is 119 cm³/mol. The molecule has 1 aliphatic heterocycles. The smallest absolute Gasteiger partial charge is 0.305 e. The van der Waals surface area contributed by atoms with Crippen molar-refractivity contribution in [3.8, 4) is 0 Å². The van der Waals surface area contributed by atoms with Gasteiger partial charge in [0, 0.05) is 25.4 Å². The summed E-state index contributed by atoms with van der Waals surface area (Å²) in [6.07, 6.45) is 4.43. The van der Waals surface area contributed by atoms with Gasteiger partial charge in [0.15, 0.2) is 0 Å². The van der Waals surface area contributed by atoms with Gasteiger partial charge in [-0.15, -0.1) is 0 Å². The van der Waals surface area contributed by atoms with E-state index in [9.17, 15) is 14.7 Å². The molecule has 1 heterocycles. The lowest BCUT2D eigenvalue weighted by Gasteiger charge is -2.39. The molecule has 0 aromatic heterocycles. The van der Waals surface area contributed by atoms with Crippen molar-refractivity contribution >= 4 is 11.9 Å². The average Bonchev–Trinajstić information content (AvgIpc) is 2.71. The zero-order valence-corrected chi connectivity index (χ0v) is 20.2. The van der Waals surface area contributed by atoms with Crippen molar-refractivity contribution in [2.24, 2.45) is 35.5 Å². The number of hydrogen-bond donors (Lipinski definition) is 1. The van der Waals surface area contributed by atoms with Gasteiger partial charge in [0.25, 0.3) is 0 Å². The first-order valence-corrected chi connectivity index (χ1v) is 12.3. The fourth-order valence-corrected chi connectivity index (χ4v) is 4.94. The number of aliphatic hydroxyl groups excluding tert-OH is 1. The maximum Gasteiger partial charge on any atom is 0.305 e. The van der Waals surface area contributed by atoms with E-state index in [1.54, 1.807) is 0 Å². The second-order valence-corrected chi connectivity index (χ2v) is 10.4. The fraction of sp³-hybridized carbons (Fsp3) is 0.920. The van der Waals surface area contributed by atoms with Gasteiger partial charge in [0.05, 0.1) is 25.4 Å². The van der Waals surface area contributed by atoms with Crippen LogP contribution in [0.1, 0.15) is 79.6 Å². The van der Waals surface area contributed by atoms with Gasteiger partial charge < -0.3 is 19.3 Å². The van der Waals surface area contributed by atoms with Crippen molar-refractivity contribution in [2.45, 2.75) is 91.8 Å². The summed E-state index contributed by atoms with van der Waals surface area (Å²) >= 11 is 0. The highest BCUT2D eigenvalue weighted by Crippen LogP contribution is 2.37. The summed E-state index contributed by atoms with van der Waals surface area (Å²) in [7, 11) is 0. The van der Waals surface area contributed by atoms with Crippen LogP contribution in [0.5, 0.6) is 0 Å². The Morgan fingerprint density at radius 1 is 0.903 bits per heavy atom. The SMILES string of the molecule is CC1CC(COC(=O)CCCCC(=O)OCC2CC(O)C(C(C)C)CC2C)C(C)CO1. The maximum atomic E-state index is 12.1. The summed E-state index contributed by atoms with van der Waals surface area (Å²) in [6.45, 7) is 12.2. The standard InChI is InChI=1S/C25H44O6/c1-16(2)22-10-17(3)21(12-23(22)26)15-31-25(28)9-7-6-8-24(27)30-14-20-11-19(5)29-13-18(20)4/h16-23,26H,6-15H2,1-5H3. The molecule has 0 aromatic carbocycles. The minimum Gasteiger partial charge on any atom is -0.465 e. The lowest BCUT2D eigenvalue weighted by Crippen LogP contribution is -2.38. The molecule has 180 valence electrons. The van der Waals surface area contributed by atoms with Crippen molar-refractivity contribution in [2.75, 3.05) is 19.8 Å². The Morgan fingerprint density at radius 2 is 1.45 bits per heavy atom. The highest BCUT2D eigenvalue weighted by atomic mass is 16.5. The van der Waals surface area contributed by atoms with E-state index in [4.69, 9.17) is 14.2 Å². The molecule has 31 heavy (non-hydrogen) atoms. The Hall–Kier alpha value is -1.14. The molecule has 6 heteroatoms. The van der Waals surface area contributed by atoms with Crippen LogP contribution < -0.4 is 0 Å². The normalized spacial score (nSPS) is 33.8. The summed E-state index contributed by atoms with van der Waals surface area (Å²) in [5.41, 5.74) is 0. The number of unbranched alkanes of at least 4 members (excludes halogenated alkanes) is 1. The highest BCUT2D eigenvalue weighted by Gasteiger charge is 2.36. The summed E-state index contributed by atoms with van der Waals surface area (Å²) in [5, 5.41) is 10.4. The van der Waals surface area contributed by atoms with Gasteiger partial charge in [-0.1, -0.05) is 27.7 Å². The zero-order chi connectivity index (χ0) is 23.0. The van der Waals surface area contributed by atoms with E-state index >= 15 is 0 Å². The molecule has 1 saturated heterocycles. The number of carbonyl (C=O) groups excluding carboxylic acids is 2. The minimum atomic E-state index is -0.307. The van der Waals surface area contributed by atoms with Gasteiger partial charge in [-0.05, 0) is 68.6 Å². The first kappa shape index (κ1) is 26.1. The van der Waals surface area contributed by atoms with Gasteiger partial charge >= 0.3 is 11.9 Å². The molecule has 2 fully saturated rings. The lowest BCUT2D eigenvalue weighted by molar-refractivity contribution is -0.149. The van der Waals surface area contributed by atoms with Gasteiger partial charge in [0.1, 0.15) is 0 Å². The van der Waals surface area contributed by atoms with Crippen LogP contribution in [0, 0.1) is 35.5 Å². The summed E-state index contributed by atoms with van der Waals surface area (Å²) in [4.78, 5) is 24.1. The van der Waals surface area contributed by atoms with Crippen LogP contribution in [0.4, 0.5) is 0 Å². The number of rotatable bonds is 10. The van der Waals surface area contributed by atoms with Crippen LogP contribution in [0.3, 0.4) is 0 Å². The van der Waals surface area contributed by atoms with E-state index in [2.05, 4.69) is 34.6 Å². The molecule has 6 nitrogen and oxygen atoms in total. The molecule has 1 saturated carbocycles. The monoisotopic (exact) mass is 440 g/mol. The molecule has 0 aromatic rings. The Balaban J connectivity index is 1.55. The molecule has 1 N–H and O–H groups in total. The molecule has 1 aliphatic carbocycles. The molecule has 0 spiro atoms. The quantitative estimate of drug-likeness (QED) is 0.401. The second-order valence-electron chi connectivity index (χ2n) is 10.4. The van der Waals surface area contributed by atoms with E-state index < -0.39 is 0 Å².